The summed E-state index contributed by atoms with van der Waals surface area (Å²) in [6.07, 6.45) is 0.553. The van der Waals surface area contributed by atoms with Gasteiger partial charge in [-0.05, 0) is 12.8 Å². The van der Waals surface area contributed by atoms with Gasteiger partial charge < -0.3 is 5.32 Å². The van der Waals surface area contributed by atoms with E-state index in [-0.39, 0.29) is 5.41 Å². The summed E-state index contributed by atoms with van der Waals surface area (Å²) >= 11 is 0. The lowest BCUT2D eigenvalue weighted by atomic mass is 10.1. The van der Waals surface area contributed by atoms with Crippen molar-refractivity contribution >= 4 is 5.91 Å². The van der Waals surface area contributed by atoms with Crippen molar-refractivity contribution < 1.29 is 9.18 Å². The fraction of sp³-hybridized carbons (Fsp3) is 0.833. The monoisotopic (exact) mass is 129 g/mol. The van der Waals surface area contributed by atoms with E-state index in [4.69, 9.17) is 0 Å². The summed E-state index contributed by atoms with van der Waals surface area (Å²) in [6.45, 7) is 0.562. The molecule has 50 valence electrons. The lowest BCUT2D eigenvalue weighted by Crippen LogP contribution is -2.20. The number of nitrogens with one attached hydrogen (secondary N) is 1. The summed E-state index contributed by atoms with van der Waals surface area (Å²) in [6, 6.07) is 0. The lowest BCUT2D eigenvalue weighted by Gasteiger charge is -2.02. The van der Waals surface area contributed by atoms with Crippen LogP contribution in [-0.4, -0.2) is 18.6 Å². The van der Waals surface area contributed by atoms with Gasteiger partial charge in [0.15, 0.2) is 6.17 Å². The molecule has 1 heterocycles. The van der Waals surface area contributed by atoms with E-state index in [1.165, 1.54) is 0 Å². The summed E-state index contributed by atoms with van der Waals surface area (Å²) in [5.41, 5.74) is -0.253. The van der Waals surface area contributed by atoms with E-state index < -0.39 is 12.1 Å². The van der Waals surface area contributed by atoms with Crippen LogP contribution in [0.2, 0.25) is 0 Å². The predicted octanol–water partition coefficient (Wildman–Crippen LogP) is 0.234. The van der Waals surface area contributed by atoms with Crippen LogP contribution in [0.25, 0.3) is 0 Å². The second-order valence-corrected chi connectivity index (χ2v) is 2.94. The summed E-state index contributed by atoms with van der Waals surface area (Å²) < 4.78 is 12.7. The molecule has 2 aliphatic rings. The van der Waals surface area contributed by atoms with E-state index in [0.29, 0.717) is 6.54 Å². The van der Waals surface area contributed by atoms with Crippen molar-refractivity contribution in [1.82, 2.24) is 5.32 Å². The van der Waals surface area contributed by atoms with Gasteiger partial charge in [0.2, 0.25) is 0 Å². The van der Waals surface area contributed by atoms with Crippen molar-refractivity contribution in [2.75, 3.05) is 6.54 Å². The maximum absolute atomic E-state index is 12.7. The van der Waals surface area contributed by atoms with E-state index in [0.717, 1.165) is 12.8 Å². The van der Waals surface area contributed by atoms with E-state index in [1.807, 2.05) is 0 Å². The number of halogens is 1. The van der Waals surface area contributed by atoms with Gasteiger partial charge >= 0.3 is 0 Å². The summed E-state index contributed by atoms with van der Waals surface area (Å²) in [5, 5.41) is 2.51. The summed E-state index contributed by atoms with van der Waals surface area (Å²) in [4.78, 5) is 10.5. The number of hydrogen-bond acceptors (Lipinski definition) is 1. The van der Waals surface area contributed by atoms with E-state index in [2.05, 4.69) is 5.32 Å². The highest BCUT2D eigenvalue weighted by Crippen LogP contribution is 2.51. The fourth-order valence-electron chi connectivity index (χ4n) is 1.31. The molecule has 0 aromatic carbocycles. The van der Waals surface area contributed by atoms with Crippen molar-refractivity contribution in [2.24, 2.45) is 5.41 Å². The maximum atomic E-state index is 12.7. The molecule has 0 aromatic heterocycles. The Labute approximate surface area is 52.4 Å². The normalized spacial score (nSPS) is 37.0. The zero-order valence-electron chi connectivity index (χ0n) is 4.98. The molecule has 3 heteroatoms. The molecule has 9 heavy (non-hydrogen) atoms. The van der Waals surface area contributed by atoms with E-state index in [9.17, 15) is 9.18 Å². The highest BCUT2D eigenvalue weighted by Gasteiger charge is 2.57. The standard InChI is InChI=1S/C6H8FNO/c7-4-5(9)8-3-6(4)1-2-6/h4H,1-3H2,(H,8,9). The van der Waals surface area contributed by atoms with Gasteiger partial charge in [0.1, 0.15) is 0 Å². The zero-order valence-corrected chi connectivity index (χ0v) is 4.98. The van der Waals surface area contributed by atoms with Gasteiger partial charge in [0.25, 0.3) is 5.91 Å². The second kappa shape index (κ2) is 1.28. The zero-order chi connectivity index (χ0) is 6.48. The Kier molecular flexibility index (Phi) is 0.739. The Hall–Kier alpha value is -0.600. The van der Waals surface area contributed by atoms with Crippen molar-refractivity contribution in [3.63, 3.8) is 0 Å². The SMILES string of the molecule is O=C1NCC2(CC2)C1F. The van der Waals surface area contributed by atoms with Crippen LogP contribution < -0.4 is 5.32 Å². The topological polar surface area (TPSA) is 29.1 Å². The minimum absolute atomic E-state index is 0.253. The molecule has 0 radical (unpaired) electrons. The van der Waals surface area contributed by atoms with E-state index >= 15 is 0 Å². The predicted molar refractivity (Wildman–Crippen MR) is 29.6 cm³/mol. The molecule has 1 atom stereocenters. The van der Waals surface area contributed by atoms with Crippen molar-refractivity contribution in [3.8, 4) is 0 Å². The van der Waals surface area contributed by atoms with Crippen LogP contribution in [-0.2, 0) is 4.79 Å². The Morgan fingerprint density at radius 2 is 2.33 bits per heavy atom. The molecule has 1 unspecified atom stereocenters. The third kappa shape index (κ3) is 0.519. The third-order valence-corrected chi connectivity index (χ3v) is 2.27. The Balaban J connectivity index is 2.22. The van der Waals surface area contributed by atoms with Crippen LogP contribution >= 0.6 is 0 Å². The molecular weight excluding hydrogens is 121 g/mol. The number of amides is 1. The molecule has 2 nitrogen and oxygen atoms in total. The van der Waals surface area contributed by atoms with Gasteiger partial charge in [0.05, 0.1) is 0 Å². The first-order chi connectivity index (χ1) is 4.25. The van der Waals surface area contributed by atoms with Gasteiger partial charge in [-0.25, -0.2) is 4.39 Å². The van der Waals surface area contributed by atoms with Crippen LogP contribution in [0, 0.1) is 5.41 Å². The Bertz CT molecular complexity index is 164. The summed E-state index contributed by atoms with van der Waals surface area (Å²) in [7, 11) is 0. The number of carbonyl (C=O) groups is 1. The van der Waals surface area contributed by atoms with Gasteiger partial charge in [-0.3, -0.25) is 4.79 Å². The third-order valence-electron chi connectivity index (χ3n) is 2.27. The second-order valence-electron chi connectivity index (χ2n) is 2.94. The smallest absolute Gasteiger partial charge is 0.255 e. The molecular formula is C6H8FNO. The minimum atomic E-state index is -1.21. The van der Waals surface area contributed by atoms with Gasteiger partial charge in [-0.1, -0.05) is 0 Å². The first-order valence-corrected chi connectivity index (χ1v) is 3.16. The quantitative estimate of drug-likeness (QED) is 0.498. The number of alkyl halides is 1. The molecule has 0 bridgehead atoms. The fourth-order valence-corrected chi connectivity index (χ4v) is 1.31. The molecule has 1 aliphatic heterocycles. The van der Waals surface area contributed by atoms with Gasteiger partial charge in [-0.15, -0.1) is 0 Å². The largest absolute Gasteiger partial charge is 0.353 e. The molecule has 1 saturated carbocycles. The van der Waals surface area contributed by atoms with Crippen LogP contribution in [0.3, 0.4) is 0 Å². The molecule has 1 spiro atoms. The van der Waals surface area contributed by atoms with Gasteiger partial charge in [-0.2, -0.15) is 0 Å². The first-order valence-electron chi connectivity index (χ1n) is 3.16. The number of hydrogen-bond donors (Lipinski definition) is 1. The minimum Gasteiger partial charge on any atom is -0.353 e. The molecule has 1 saturated heterocycles. The first kappa shape index (κ1) is 5.21. The Morgan fingerprint density at radius 1 is 1.67 bits per heavy atom. The highest BCUT2D eigenvalue weighted by molar-refractivity contribution is 5.84. The molecule has 1 amide bonds. The van der Waals surface area contributed by atoms with Crippen molar-refractivity contribution in [3.05, 3.63) is 0 Å². The summed E-state index contributed by atoms with van der Waals surface area (Å²) in [5.74, 6) is -0.410. The molecule has 1 N–H and O–H groups in total. The van der Waals surface area contributed by atoms with E-state index in [1.54, 1.807) is 0 Å². The van der Waals surface area contributed by atoms with Crippen molar-refractivity contribution in [1.29, 1.82) is 0 Å². The van der Waals surface area contributed by atoms with Crippen LogP contribution in [0.4, 0.5) is 4.39 Å². The maximum Gasteiger partial charge on any atom is 0.255 e. The molecule has 2 rings (SSSR count). The van der Waals surface area contributed by atoms with Crippen LogP contribution in [0.5, 0.6) is 0 Å². The lowest BCUT2D eigenvalue weighted by molar-refractivity contribution is -0.124. The van der Waals surface area contributed by atoms with Gasteiger partial charge in [0, 0.05) is 12.0 Å². The average molecular weight is 129 g/mol. The number of carbonyl (C=O) groups excluding carboxylic acids is 1. The molecule has 0 aromatic rings. The average Bonchev–Trinajstić information content (AvgIpc) is 2.57. The van der Waals surface area contributed by atoms with Crippen molar-refractivity contribution in [2.45, 2.75) is 19.0 Å². The van der Waals surface area contributed by atoms with Crippen LogP contribution in [0.15, 0.2) is 0 Å². The van der Waals surface area contributed by atoms with Crippen LogP contribution in [0.1, 0.15) is 12.8 Å². The molecule has 1 aliphatic carbocycles. The Morgan fingerprint density at radius 3 is 2.56 bits per heavy atom. The molecule has 2 fully saturated rings. The highest BCUT2D eigenvalue weighted by atomic mass is 19.1. The number of rotatable bonds is 0.